The van der Waals surface area contributed by atoms with Crippen LogP contribution in [0.2, 0.25) is 0 Å². The second-order valence-electron chi connectivity index (χ2n) is 9.58. The number of aliphatic imine (C=N–C) groups is 1. The maximum Gasteiger partial charge on any atom is 0.410 e. The Labute approximate surface area is 210 Å². The number of aliphatic hydroxyl groups is 1. The van der Waals surface area contributed by atoms with Gasteiger partial charge in [-0.3, -0.25) is 9.79 Å². The van der Waals surface area contributed by atoms with Crippen molar-refractivity contribution in [1.29, 1.82) is 0 Å². The number of likely N-dealkylation sites (tertiary alicyclic amines) is 1. The van der Waals surface area contributed by atoms with E-state index in [2.05, 4.69) is 0 Å². The van der Waals surface area contributed by atoms with Gasteiger partial charge < -0.3 is 19.6 Å². The Morgan fingerprint density at radius 1 is 1.11 bits per heavy atom. The third-order valence-electron chi connectivity index (χ3n) is 6.39. The van der Waals surface area contributed by atoms with Crippen molar-refractivity contribution in [2.24, 2.45) is 4.99 Å². The zero-order valence-electron chi connectivity index (χ0n) is 22.6. The molecule has 2 aliphatic rings. The van der Waals surface area contributed by atoms with Gasteiger partial charge >= 0.3 is 6.09 Å². The van der Waals surface area contributed by atoms with Gasteiger partial charge in [-0.05, 0) is 65.5 Å². The molecule has 2 aliphatic heterocycles. The van der Waals surface area contributed by atoms with Gasteiger partial charge in [0.15, 0.2) is 0 Å². The summed E-state index contributed by atoms with van der Waals surface area (Å²) >= 11 is 0. The summed E-state index contributed by atoms with van der Waals surface area (Å²) in [6.07, 6.45) is 2.82. The summed E-state index contributed by atoms with van der Waals surface area (Å²) in [4.78, 5) is 34.4. The van der Waals surface area contributed by atoms with Crippen LogP contribution in [0, 0.1) is 0 Å². The highest BCUT2D eigenvalue weighted by Crippen LogP contribution is 2.47. The van der Waals surface area contributed by atoms with Crippen LogP contribution in [0.3, 0.4) is 0 Å². The summed E-state index contributed by atoms with van der Waals surface area (Å²) in [5, 5.41) is 9.10. The van der Waals surface area contributed by atoms with Crippen LogP contribution in [0.1, 0.15) is 79.7 Å². The Morgan fingerprint density at radius 3 is 2.37 bits per heavy atom. The maximum absolute atomic E-state index is 13.7. The van der Waals surface area contributed by atoms with Crippen molar-refractivity contribution in [2.45, 2.75) is 85.7 Å². The van der Waals surface area contributed by atoms with E-state index in [-0.39, 0.29) is 24.7 Å². The number of hydrogen-bond donors (Lipinski definition) is 1. The minimum Gasteiger partial charge on any atom is -0.447 e. The molecule has 1 N–H and O–H groups in total. The second-order valence-corrected chi connectivity index (χ2v) is 9.58. The van der Waals surface area contributed by atoms with Crippen molar-refractivity contribution < 1.29 is 19.4 Å². The molecule has 1 aromatic rings. The number of para-hydroxylation sites is 1. The largest absolute Gasteiger partial charge is 0.447 e. The first kappa shape index (κ1) is 28.6. The van der Waals surface area contributed by atoms with Crippen molar-refractivity contribution in [3.8, 4) is 0 Å². The number of aliphatic hydroxyl groups excluding tert-OH is 1. The Morgan fingerprint density at radius 2 is 1.77 bits per heavy atom. The molecule has 0 atom stereocenters. The predicted octanol–water partition coefficient (Wildman–Crippen LogP) is 5.47. The Bertz CT molecular complexity index is 941. The van der Waals surface area contributed by atoms with Gasteiger partial charge in [0.2, 0.25) is 5.91 Å². The third kappa shape index (κ3) is 6.51. The van der Waals surface area contributed by atoms with Gasteiger partial charge in [0.1, 0.15) is 5.41 Å². The van der Waals surface area contributed by atoms with E-state index in [0.29, 0.717) is 19.6 Å². The van der Waals surface area contributed by atoms with Crippen molar-refractivity contribution in [3.05, 3.63) is 41.1 Å². The summed E-state index contributed by atoms with van der Waals surface area (Å²) in [6.45, 7) is 15.0. The second kappa shape index (κ2) is 12.9. The highest BCUT2D eigenvalue weighted by atomic mass is 16.6. The fraction of sp³-hybridized carbons (Fsp3) is 0.607. The standard InChI is InChI=1S/C26H37N3O4.C2H6/c1-18(2)20(5)27-21(11-7-6-10-14-30)15-29-23-13-9-8-12-22(23)26(24(29)31)16-28(17-26)25(32)33-19(3)4;1-2/h8-9,12-13,19,30H,6-7,10-11,14-17H2,1-5H3;1-2H3. The molecule has 1 saturated heterocycles. The summed E-state index contributed by atoms with van der Waals surface area (Å²) in [6, 6.07) is 7.87. The molecule has 7 heteroatoms. The van der Waals surface area contributed by atoms with Crippen LogP contribution in [0.4, 0.5) is 10.5 Å². The number of unbranched alkanes of at least 4 members (excludes halogenated alkanes) is 2. The molecule has 2 amide bonds. The average molecular weight is 486 g/mol. The zero-order chi connectivity index (χ0) is 26.2. The smallest absolute Gasteiger partial charge is 0.410 e. The fourth-order valence-corrected chi connectivity index (χ4v) is 4.39. The lowest BCUT2D eigenvalue weighted by Crippen LogP contribution is -2.65. The average Bonchev–Trinajstić information content (AvgIpc) is 3.04. The van der Waals surface area contributed by atoms with Crippen LogP contribution in [0.25, 0.3) is 0 Å². The lowest BCUT2D eigenvalue weighted by Gasteiger charge is -2.46. The highest BCUT2D eigenvalue weighted by Gasteiger charge is 2.59. The first-order valence-corrected chi connectivity index (χ1v) is 12.9. The minimum absolute atomic E-state index is 0.0233. The number of ether oxygens (including phenoxy) is 1. The van der Waals surface area contributed by atoms with E-state index in [1.54, 1.807) is 4.90 Å². The molecule has 0 unspecified atom stereocenters. The van der Waals surface area contributed by atoms with E-state index in [4.69, 9.17) is 14.8 Å². The first-order chi connectivity index (χ1) is 16.7. The molecule has 0 saturated carbocycles. The molecule has 35 heavy (non-hydrogen) atoms. The van der Waals surface area contributed by atoms with Crippen molar-refractivity contribution >= 4 is 23.4 Å². The molecule has 2 heterocycles. The third-order valence-corrected chi connectivity index (χ3v) is 6.39. The Kier molecular flexibility index (Phi) is 10.5. The fourth-order valence-electron chi connectivity index (χ4n) is 4.39. The number of fused-ring (bicyclic) bond motifs is 2. The number of anilines is 1. The van der Waals surface area contributed by atoms with Gasteiger partial charge in [-0.15, -0.1) is 0 Å². The van der Waals surface area contributed by atoms with E-state index >= 15 is 0 Å². The normalized spacial score (nSPS) is 16.0. The molecule has 1 fully saturated rings. The van der Waals surface area contributed by atoms with E-state index in [9.17, 15) is 9.59 Å². The molecule has 7 nitrogen and oxygen atoms in total. The van der Waals surface area contributed by atoms with Crippen LogP contribution in [-0.2, 0) is 14.9 Å². The predicted molar refractivity (Wildman–Crippen MR) is 142 cm³/mol. The van der Waals surface area contributed by atoms with Crippen molar-refractivity contribution in [1.82, 2.24) is 4.90 Å². The quantitative estimate of drug-likeness (QED) is 0.372. The van der Waals surface area contributed by atoms with Gasteiger partial charge in [0.25, 0.3) is 0 Å². The van der Waals surface area contributed by atoms with Gasteiger partial charge in [-0.1, -0.05) is 44.0 Å². The highest BCUT2D eigenvalue weighted by molar-refractivity contribution is 6.13. The summed E-state index contributed by atoms with van der Waals surface area (Å²) in [5.41, 5.74) is 4.24. The number of carbonyl (C=O) groups is 2. The number of rotatable bonds is 9. The van der Waals surface area contributed by atoms with Crippen LogP contribution in [0.5, 0.6) is 0 Å². The van der Waals surface area contributed by atoms with E-state index in [1.807, 2.05) is 77.6 Å². The molecule has 0 aromatic heterocycles. The number of nitrogens with zero attached hydrogens (tertiary/aromatic N) is 3. The summed E-state index contributed by atoms with van der Waals surface area (Å²) in [5.74, 6) is 0.0233. The molecular weight excluding hydrogens is 442 g/mol. The molecule has 1 spiro atoms. The summed E-state index contributed by atoms with van der Waals surface area (Å²) < 4.78 is 5.32. The van der Waals surface area contributed by atoms with Crippen LogP contribution >= 0.6 is 0 Å². The summed E-state index contributed by atoms with van der Waals surface area (Å²) in [7, 11) is 0. The minimum atomic E-state index is -0.708. The molecule has 0 radical (unpaired) electrons. The Balaban J connectivity index is 0.00000210. The Hall–Kier alpha value is -2.67. The molecule has 194 valence electrons. The molecular formula is C28H43N3O4. The van der Waals surface area contributed by atoms with Gasteiger partial charge in [-0.25, -0.2) is 4.79 Å². The maximum atomic E-state index is 13.7. The lowest BCUT2D eigenvalue weighted by molar-refractivity contribution is -0.128. The monoisotopic (exact) mass is 485 g/mol. The lowest BCUT2D eigenvalue weighted by atomic mass is 9.75. The van der Waals surface area contributed by atoms with Gasteiger partial charge in [0.05, 0.1) is 12.6 Å². The number of hydrogen-bond acceptors (Lipinski definition) is 5. The SMILES string of the molecule is CC.CC(C)=C(C)N=C(CCCCCO)CN1C(=O)C2(CN(C(=O)OC(C)C)C2)c2ccccc21. The van der Waals surface area contributed by atoms with Crippen LogP contribution < -0.4 is 4.90 Å². The molecule has 0 aliphatic carbocycles. The van der Waals surface area contributed by atoms with E-state index in [0.717, 1.165) is 53.9 Å². The molecule has 0 bridgehead atoms. The molecule has 3 rings (SSSR count). The molecule has 1 aromatic carbocycles. The number of allylic oxidation sites excluding steroid dienone is 2. The van der Waals surface area contributed by atoms with Crippen molar-refractivity contribution in [3.63, 3.8) is 0 Å². The first-order valence-electron chi connectivity index (χ1n) is 12.9. The van der Waals surface area contributed by atoms with Gasteiger partial charge in [0, 0.05) is 36.8 Å². The zero-order valence-corrected chi connectivity index (χ0v) is 22.6. The number of carbonyl (C=O) groups excluding carboxylic acids is 2. The number of benzene rings is 1. The van der Waals surface area contributed by atoms with Crippen LogP contribution in [-0.4, -0.2) is 60.1 Å². The topological polar surface area (TPSA) is 82.4 Å². The number of amides is 2. The van der Waals surface area contributed by atoms with Crippen LogP contribution in [0.15, 0.2) is 40.5 Å². The van der Waals surface area contributed by atoms with E-state index in [1.165, 1.54) is 0 Å². The van der Waals surface area contributed by atoms with Gasteiger partial charge in [-0.2, -0.15) is 0 Å². The van der Waals surface area contributed by atoms with Crippen molar-refractivity contribution in [2.75, 3.05) is 31.1 Å². The van der Waals surface area contributed by atoms with E-state index < -0.39 is 5.41 Å².